The van der Waals surface area contributed by atoms with Gasteiger partial charge < -0.3 is 14.8 Å². The van der Waals surface area contributed by atoms with Crippen LogP contribution in [0.15, 0.2) is 48.0 Å². The van der Waals surface area contributed by atoms with Gasteiger partial charge in [-0.25, -0.2) is 4.39 Å². The molecule has 0 spiro atoms. The zero-order valence-electron chi connectivity index (χ0n) is 18.4. The van der Waals surface area contributed by atoms with E-state index < -0.39 is 11.7 Å². The van der Waals surface area contributed by atoms with Crippen LogP contribution in [0, 0.1) is 28.5 Å². The molecule has 1 heterocycles. The van der Waals surface area contributed by atoms with Crippen molar-refractivity contribution < 1.29 is 18.7 Å². The molecule has 0 saturated heterocycles. The van der Waals surface area contributed by atoms with Gasteiger partial charge in [0.1, 0.15) is 34.2 Å². The number of halogens is 1. The van der Waals surface area contributed by atoms with E-state index in [0.717, 1.165) is 42.2 Å². The molecule has 170 valence electrons. The predicted octanol–water partition coefficient (Wildman–Crippen LogP) is 5.98. The summed E-state index contributed by atoms with van der Waals surface area (Å²) < 4.78 is 25.4. The summed E-state index contributed by atoms with van der Waals surface area (Å²) in [7, 11) is 1.37. The summed E-state index contributed by atoms with van der Waals surface area (Å²) in [6.45, 7) is 0. The number of thiophene rings is 1. The van der Waals surface area contributed by atoms with Crippen molar-refractivity contribution in [3.05, 3.63) is 75.4 Å². The lowest BCUT2D eigenvalue weighted by atomic mass is 9.96. The van der Waals surface area contributed by atoms with Gasteiger partial charge in [0, 0.05) is 16.5 Å². The number of hydrogen-bond donors (Lipinski definition) is 1. The number of carbonyl (C=O) groups is 1. The van der Waals surface area contributed by atoms with Crippen LogP contribution in [0.25, 0.3) is 6.08 Å². The first-order valence-corrected chi connectivity index (χ1v) is 11.4. The number of rotatable bonds is 6. The van der Waals surface area contributed by atoms with Gasteiger partial charge in [-0.05, 0) is 55.5 Å². The lowest BCUT2D eigenvalue weighted by Crippen LogP contribution is -2.13. The molecule has 34 heavy (non-hydrogen) atoms. The molecule has 1 aromatic heterocycles. The number of nitrogens with one attached hydrogen (secondary N) is 1. The fourth-order valence-corrected chi connectivity index (χ4v) is 5.02. The number of anilines is 1. The molecule has 1 aliphatic carbocycles. The van der Waals surface area contributed by atoms with Gasteiger partial charge >= 0.3 is 0 Å². The fraction of sp³-hybridized carbons (Fsp3) is 0.192. The number of aryl methyl sites for hydroxylation is 1. The molecule has 3 aromatic rings. The normalized spacial score (nSPS) is 12.8. The topological polar surface area (TPSA) is 95.1 Å². The van der Waals surface area contributed by atoms with E-state index in [9.17, 15) is 19.7 Å². The van der Waals surface area contributed by atoms with Crippen molar-refractivity contribution >= 4 is 28.3 Å². The molecule has 0 aliphatic heterocycles. The van der Waals surface area contributed by atoms with Crippen molar-refractivity contribution in [2.75, 3.05) is 12.4 Å². The zero-order valence-corrected chi connectivity index (χ0v) is 19.2. The fourth-order valence-electron chi connectivity index (χ4n) is 3.78. The second-order valence-electron chi connectivity index (χ2n) is 7.59. The Hall–Kier alpha value is -4.14. The van der Waals surface area contributed by atoms with Gasteiger partial charge in [-0.1, -0.05) is 18.2 Å². The van der Waals surface area contributed by atoms with Crippen LogP contribution in [0.5, 0.6) is 17.2 Å². The number of amides is 1. The van der Waals surface area contributed by atoms with Crippen LogP contribution in [-0.4, -0.2) is 13.0 Å². The van der Waals surface area contributed by atoms with E-state index in [2.05, 4.69) is 11.4 Å². The van der Waals surface area contributed by atoms with E-state index in [4.69, 9.17) is 9.47 Å². The molecular weight excluding hydrogens is 453 g/mol. The highest BCUT2D eigenvalue weighted by atomic mass is 32.1. The average Bonchev–Trinajstić information content (AvgIpc) is 3.21. The number of para-hydroxylation sites is 1. The number of carbonyl (C=O) groups excluding carboxylic acids is 1. The third-order valence-corrected chi connectivity index (χ3v) is 6.64. The quantitative estimate of drug-likeness (QED) is 0.351. The van der Waals surface area contributed by atoms with E-state index in [1.54, 1.807) is 24.3 Å². The minimum absolute atomic E-state index is 0.0753. The van der Waals surface area contributed by atoms with Crippen LogP contribution in [0.1, 0.15) is 34.4 Å². The highest BCUT2D eigenvalue weighted by Crippen LogP contribution is 2.38. The first-order chi connectivity index (χ1) is 16.5. The Morgan fingerprint density at radius 2 is 1.91 bits per heavy atom. The molecule has 1 N–H and O–H groups in total. The summed E-state index contributed by atoms with van der Waals surface area (Å²) >= 11 is 1.38. The van der Waals surface area contributed by atoms with Crippen molar-refractivity contribution in [3.8, 4) is 29.4 Å². The van der Waals surface area contributed by atoms with E-state index in [-0.39, 0.29) is 17.1 Å². The maximum Gasteiger partial charge on any atom is 0.266 e. The van der Waals surface area contributed by atoms with Crippen LogP contribution < -0.4 is 14.8 Å². The van der Waals surface area contributed by atoms with Crippen molar-refractivity contribution in [3.63, 3.8) is 0 Å². The lowest BCUT2D eigenvalue weighted by Gasteiger charge is -2.11. The van der Waals surface area contributed by atoms with E-state index >= 15 is 0 Å². The molecule has 6 nitrogen and oxygen atoms in total. The zero-order chi connectivity index (χ0) is 24.1. The summed E-state index contributed by atoms with van der Waals surface area (Å²) in [4.78, 5) is 14.0. The predicted molar refractivity (Wildman–Crippen MR) is 127 cm³/mol. The van der Waals surface area contributed by atoms with Gasteiger partial charge in [-0.2, -0.15) is 10.5 Å². The molecule has 0 unspecified atom stereocenters. The van der Waals surface area contributed by atoms with Gasteiger partial charge in [-0.3, -0.25) is 4.79 Å². The molecule has 4 rings (SSSR count). The number of nitrogens with zero attached hydrogens (tertiary/aromatic N) is 2. The van der Waals surface area contributed by atoms with E-state index in [0.29, 0.717) is 21.9 Å². The molecule has 1 aliphatic rings. The molecule has 0 radical (unpaired) electrons. The molecule has 0 atom stereocenters. The first-order valence-electron chi connectivity index (χ1n) is 10.6. The standard InChI is InChI=1S/C26H20FN3O3S/c1-32-22-13-21(27)23(33-18-7-3-2-4-8-18)12-16(22)11-17(14-28)25(31)30-26-20(15-29)19-9-5-6-10-24(19)34-26/h2-4,7-8,11-13H,5-6,9-10H2,1H3,(H,30,31). The molecule has 0 saturated carbocycles. The Kier molecular flexibility index (Phi) is 6.91. The van der Waals surface area contributed by atoms with Crippen LogP contribution in [0.3, 0.4) is 0 Å². The van der Waals surface area contributed by atoms with Gasteiger partial charge in [0.15, 0.2) is 11.6 Å². The van der Waals surface area contributed by atoms with Crippen LogP contribution in [0.2, 0.25) is 0 Å². The minimum atomic E-state index is -0.658. The molecule has 2 aromatic carbocycles. The second kappa shape index (κ2) is 10.2. The number of benzene rings is 2. The third-order valence-electron chi connectivity index (χ3n) is 5.43. The van der Waals surface area contributed by atoms with Crippen molar-refractivity contribution in [2.24, 2.45) is 0 Å². The number of ether oxygens (including phenoxy) is 2. The minimum Gasteiger partial charge on any atom is -0.496 e. The van der Waals surface area contributed by atoms with Gasteiger partial charge in [0.2, 0.25) is 0 Å². The number of fused-ring (bicyclic) bond motifs is 1. The van der Waals surface area contributed by atoms with Gasteiger partial charge in [0.05, 0.1) is 12.7 Å². The first kappa shape index (κ1) is 23.0. The summed E-state index contributed by atoms with van der Waals surface area (Å²) in [5.41, 5.74) is 1.53. The molecule has 0 fully saturated rings. The monoisotopic (exact) mass is 473 g/mol. The smallest absolute Gasteiger partial charge is 0.266 e. The van der Waals surface area contributed by atoms with Gasteiger partial charge in [0.25, 0.3) is 5.91 Å². The summed E-state index contributed by atoms with van der Waals surface area (Å²) in [5.74, 6) is -0.806. The number of nitriles is 2. The molecule has 8 heteroatoms. The summed E-state index contributed by atoms with van der Waals surface area (Å²) in [5, 5.41) is 22.4. The summed E-state index contributed by atoms with van der Waals surface area (Å²) in [6.07, 6.45) is 5.05. The molecule has 0 bridgehead atoms. The van der Waals surface area contributed by atoms with Crippen molar-refractivity contribution in [2.45, 2.75) is 25.7 Å². The SMILES string of the molecule is COc1cc(F)c(Oc2ccccc2)cc1C=C(C#N)C(=O)Nc1sc2c(c1C#N)CCCC2. The Morgan fingerprint density at radius 3 is 2.62 bits per heavy atom. The largest absolute Gasteiger partial charge is 0.496 e. The highest BCUT2D eigenvalue weighted by molar-refractivity contribution is 7.16. The maximum absolute atomic E-state index is 14.6. The van der Waals surface area contributed by atoms with Gasteiger partial charge in [-0.15, -0.1) is 11.3 Å². The average molecular weight is 474 g/mol. The molecule has 1 amide bonds. The lowest BCUT2D eigenvalue weighted by molar-refractivity contribution is -0.112. The summed E-state index contributed by atoms with van der Waals surface area (Å²) in [6, 6.07) is 15.3. The van der Waals surface area contributed by atoms with Crippen LogP contribution >= 0.6 is 11.3 Å². The van der Waals surface area contributed by atoms with Crippen LogP contribution in [-0.2, 0) is 17.6 Å². The Bertz CT molecular complexity index is 1350. The number of hydrogen-bond acceptors (Lipinski definition) is 6. The van der Waals surface area contributed by atoms with Crippen LogP contribution in [0.4, 0.5) is 9.39 Å². The Labute approximate surface area is 200 Å². The second-order valence-corrected chi connectivity index (χ2v) is 8.70. The van der Waals surface area contributed by atoms with E-state index in [1.807, 2.05) is 12.1 Å². The third kappa shape index (κ3) is 4.78. The highest BCUT2D eigenvalue weighted by Gasteiger charge is 2.23. The Morgan fingerprint density at radius 1 is 1.15 bits per heavy atom. The molecular formula is C26H20FN3O3S. The van der Waals surface area contributed by atoms with Crippen molar-refractivity contribution in [1.29, 1.82) is 10.5 Å². The van der Waals surface area contributed by atoms with E-state index in [1.165, 1.54) is 30.6 Å². The Balaban J connectivity index is 1.65. The number of methoxy groups -OCH3 is 1. The maximum atomic E-state index is 14.6. The van der Waals surface area contributed by atoms with Crippen molar-refractivity contribution in [1.82, 2.24) is 0 Å².